The predicted octanol–water partition coefficient (Wildman–Crippen LogP) is 3.90. The Hall–Kier alpha value is -1.04. The van der Waals surface area contributed by atoms with Gasteiger partial charge in [0.25, 0.3) is 0 Å². The largest absolute Gasteiger partial charge is 0.0998 e. The molecule has 1 saturated carbocycles. The highest BCUT2D eigenvalue weighted by molar-refractivity contribution is 5.22. The lowest BCUT2D eigenvalue weighted by Crippen LogP contribution is -2.05. The quantitative estimate of drug-likeness (QED) is 0.563. The molecule has 0 heterocycles. The highest BCUT2D eigenvalue weighted by Gasteiger charge is 2.16. The number of hydrogen-bond acceptors (Lipinski definition) is 0. The Kier molecular flexibility index (Phi) is 2.49. The fourth-order valence-corrected chi connectivity index (χ4v) is 2.16. The third kappa shape index (κ3) is 2.00. The first-order chi connectivity index (χ1) is 6.36. The summed E-state index contributed by atoms with van der Waals surface area (Å²) in [6.07, 6.45) is 5.09. The predicted molar refractivity (Wildman–Crippen MR) is 56.8 cm³/mol. The maximum Gasteiger partial charge on any atom is -0.0125 e. The second-order valence-electron chi connectivity index (χ2n) is 3.95. The van der Waals surface area contributed by atoms with Crippen LogP contribution in [0.25, 0.3) is 0 Å². The van der Waals surface area contributed by atoms with Crippen LogP contribution in [-0.2, 0) is 0 Å². The molecule has 0 amide bonds. The molecule has 68 valence electrons. The van der Waals surface area contributed by atoms with Gasteiger partial charge in [0.15, 0.2) is 0 Å². The van der Waals surface area contributed by atoms with Crippen molar-refractivity contribution in [2.45, 2.75) is 31.6 Å². The molecule has 2 rings (SSSR count). The molecule has 13 heavy (non-hydrogen) atoms. The zero-order valence-electron chi connectivity index (χ0n) is 8.00. The average molecular weight is 172 g/mol. The summed E-state index contributed by atoms with van der Waals surface area (Å²) in [5.41, 5.74) is 2.92. The van der Waals surface area contributed by atoms with E-state index in [0.29, 0.717) is 0 Å². The molecule has 0 N–H and O–H groups in total. The van der Waals surface area contributed by atoms with E-state index < -0.39 is 0 Å². The zero-order valence-corrected chi connectivity index (χ0v) is 8.00. The van der Waals surface area contributed by atoms with Crippen LogP contribution in [-0.4, -0.2) is 0 Å². The Morgan fingerprint density at radius 3 is 2.62 bits per heavy atom. The second-order valence-corrected chi connectivity index (χ2v) is 3.95. The van der Waals surface area contributed by atoms with Crippen LogP contribution in [0.5, 0.6) is 0 Å². The Morgan fingerprint density at radius 2 is 1.92 bits per heavy atom. The summed E-state index contributed by atoms with van der Waals surface area (Å²) in [6, 6.07) is 10.8. The number of allylic oxidation sites excluding steroid dienone is 1. The highest BCUT2D eigenvalue weighted by Crippen LogP contribution is 2.34. The number of rotatable bonds is 1. The molecule has 1 atom stereocenters. The lowest BCUT2D eigenvalue weighted by Gasteiger charge is -2.23. The summed E-state index contributed by atoms with van der Waals surface area (Å²) in [5.74, 6) is 0.738. The molecule has 0 radical (unpaired) electrons. The molecule has 0 heteroatoms. The van der Waals surface area contributed by atoms with Crippen molar-refractivity contribution in [3.05, 3.63) is 48.0 Å². The smallest absolute Gasteiger partial charge is 0.0125 e. The van der Waals surface area contributed by atoms with E-state index >= 15 is 0 Å². The first-order valence-corrected chi connectivity index (χ1v) is 5.08. The van der Waals surface area contributed by atoms with Crippen LogP contribution >= 0.6 is 0 Å². The van der Waals surface area contributed by atoms with Gasteiger partial charge in [-0.25, -0.2) is 0 Å². The first-order valence-electron chi connectivity index (χ1n) is 5.08. The van der Waals surface area contributed by atoms with Crippen LogP contribution in [0.3, 0.4) is 0 Å². The van der Waals surface area contributed by atoms with E-state index in [1.807, 2.05) is 0 Å². The van der Waals surface area contributed by atoms with Crippen molar-refractivity contribution in [2.24, 2.45) is 0 Å². The first kappa shape index (κ1) is 8.55. The van der Waals surface area contributed by atoms with Gasteiger partial charge < -0.3 is 0 Å². The summed E-state index contributed by atoms with van der Waals surface area (Å²) in [4.78, 5) is 0. The summed E-state index contributed by atoms with van der Waals surface area (Å²) in [6.45, 7) is 4.09. The van der Waals surface area contributed by atoms with Gasteiger partial charge in [-0.05, 0) is 37.2 Å². The van der Waals surface area contributed by atoms with Gasteiger partial charge in [-0.2, -0.15) is 0 Å². The SMILES string of the molecule is C=C1CCCC(c2ccccc2)C1. The molecule has 1 aliphatic carbocycles. The summed E-state index contributed by atoms with van der Waals surface area (Å²) >= 11 is 0. The molecule has 0 saturated heterocycles. The maximum absolute atomic E-state index is 4.09. The molecule has 0 bridgehead atoms. The fourth-order valence-electron chi connectivity index (χ4n) is 2.16. The number of hydrogen-bond donors (Lipinski definition) is 0. The molecular weight excluding hydrogens is 156 g/mol. The van der Waals surface area contributed by atoms with Crippen molar-refractivity contribution in [1.82, 2.24) is 0 Å². The van der Waals surface area contributed by atoms with E-state index in [4.69, 9.17) is 0 Å². The molecule has 1 aromatic carbocycles. The van der Waals surface area contributed by atoms with Crippen LogP contribution in [0.15, 0.2) is 42.5 Å². The van der Waals surface area contributed by atoms with E-state index in [1.54, 1.807) is 0 Å². The van der Waals surface area contributed by atoms with Gasteiger partial charge in [-0.1, -0.05) is 42.5 Å². The molecule has 1 unspecified atom stereocenters. The van der Waals surface area contributed by atoms with Crippen molar-refractivity contribution < 1.29 is 0 Å². The molecule has 1 fully saturated rings. The Labute approximate surface area is 80.3 Å². The summed E-state index contributed by atoms with van der Waals surface area (Å²) in [7, 11) is 0. The van der Waals surface area contributed by atoms with Crippen molar-refractivity contribution in [1.29, 1.82) is 0 Å². The van der Waals surface area contributed by atoms with E-state index in [1.165, 1.54) is 36.8 Å². The monoisotopic (exact) mass is 172 g/mol. The maximum atomic E-state index is 4.09. The number of benzene rings is 1. The van der Waals surface area contributed by atoms with E-state index in [-0.39, 0.29) is 0 Å². The van der Waals surface area contributed by atoms with Gasteiger partial charge in [0.2, 0.25) is 0 Å². The zero-order chi connectivity index (χ0) is 9.10. The van der Waals surface area contributed by atoms with Crippen molar-refractivity contribution in [3.63, 3.8) is 0 Å². The minimum absolute atomic E-state index is 0.738. The van der Waals surface area contributed by atoms with Gasteiger partial charge in [0.05, 0.1) is 0 Å². The van der Waals surface area contributed by atoms with Crippen molar-refractivity contribution >= 4 is 0 Å². The molecule has 1 aliphatic rings. The van der Waals surface area contributed by atoms with Crippen LogP contribution in [0.2, 0.25) is 0 Å². The molecule has 0 aliphatic heterocycles. The average Bonchev–Trinajstić information content (AvgIpc) is 2.19. The molecular formula is C13H16. The van der Waals surface area contributed by atoms with Gasteiger partial charge in [0.1, 0.15) is 0 Å². The lowest BCUT2D eigenvalue weighted by atomic mass is 9.82. The van der Waals surface area contributed by atoms with Crippen molar-refractivity contribution in [3.8, 4) is 0 Å². The molecule has 0 nitrogen and oxygen atoms in total. The van der Waals surface area contributed by atoms with Gasteiger partial charge in [0, 0.05) is 0 Å². The van der Waals surface area contributed by atoms with Crippen LogP contribution < -0.4 is 0 Å². The third-order valence-corrected chi connectivity index (χ3v) is 2.89. The molecule has 0 aromatic heterocycles. The Morgan fingerprint density at radius 1 is 1.15 bits per heavy atom. The van der Waals surface area contributed by atoms with Gasteiger partial charge in [-0.15, -0.1) is 0 Å². The van der Waals surface area contributed by atoms with Crippen molar-refractivity contribution in [2.75, 3.05) is 0 Å². The topological polar surface area (TPSA) is 0 Å². The van der Waals surface area contributed by atoms with Crippen LogP contribution in [0.1, 0.15) is 37.2 Å². The molecule has 1 aromatic rings. The highest BCUT2D eigenvalue weighted by atomic mass is 14.2. The molecule has 0 spiro atoms. The van der Waals surface area contributed by atoms with Crippen LogP contribution in [0, 0.1) is 0 Å². The van der Waals surface area contributed by atoms with E-state index in [0.717, 1.165) is 5.92 Å². The van der Waals surface area contributed by atoms with Gasteiger partial charge >= 0.3 is 0 Å². The van der Waals surface area contributed by atoms with E-state index in [2.05, 4.69) is 36.9 Å². The lowest BCUT2D eigenvalue weighted by molar-refractivity contribution is 0.524. The van der Waals surface area contributed by atoms with Gasteiger partial charge in [-0.3, -0.25) is 0 Å². The minimum atomic E-state index is 0.738. The summed E-state index contributed by atoms with van der Waals surface area (Å²) in [5, 5.41) is 0. The van der Waals surface area contributed by atoms with Crippen LogP contribution in [0.4, 0.5) is 0 Å². The normalized spacial score (nSPS) is 23.1. The summed E-state index contributed by atoms with van der Waals surface area (Å²) < 4.78 is 0. The minimum Gasteiger partial charge on any atom is -0.0998 e. The fraction of sp³-hybridized carbons (Fsp3) is 0.385. The Bertz CT molecular complexity index is 284. The third-order valence-electron chi connectivity index (χ3n) is 2.89. The Balaban J connectivity index is 2.13. The van der Waals surface area contributed by atoms with E-state index in [9.17, 15) is 0 Å². The second kappa shape index (κ2) is 3.78. The standard InChI is InChI=1S/C13H16/c1-11-6-5-9-13(10-11)12-7-3-2-4-8-12/h2-4,7-8,13H,1,5-6,9-10H2.